The second kappa shape index (κ2) is 14.7. The summed E-state index contributed by atoms with van der Waals surface area (Å²) in [6.45, 7) is 5.82. The molecule has 0 aromatic rings. The van der Waals surface area contributed by atoms with Gasteiger partial charge in [0.25, 0.3) is 0 Å². The first kappa shape index (κ1) is 23.4. The maximum absolute atomic E-state index is 9.82. The summed E-state index contributed by atoms with van der Waals surface area (Å²) < 4.78 is 1.11. The number of piperidine rings is 1. The molecule has 23 heavy (non-hydrogen) atoms. The summed E-state index contributed by atoms with van der Waals surface area (Å²) in [7, 11) is 2.33. The van der Waals surface area contributed by atoms with Crippen molar-refractivity contribution < 1.29 is 26.6 Å². The lowest BCUT2D eigenvalue weighted by atomic mass is 10.0. The second-order valence-electron chi connectivity index (χ2n) is 7.93. The van der Waals surface area contributed by atoms with Gasteiger partial charge in [-0.15, -0.1) is 0 Å². The first-order valence-electron chi connectivity index (χ1n) is 10.2. The van der Waals surface area contributed by atoms with Crippen LogP contribution < -0.4 is 17.0 Å². The number of hydrogen-bond acceptors (Lipinski definition) is 1. The molecule has 1 N–H and O–H groups in total. The lowest BCUT2D eigenvalue weighted by Crippen LogP contribution is -3.00. The van der Waals surface area contributed by atoms with Crippen molar-refractivity contribution in [3.05, 3.63) is 0 Å². The summed E-state index contributed by atoms with van der Waals surface area (Å²) in [5.41, 5.74) is 0. The molecule has 2 unspecified atom stereocenters. The van der Waals surface area contributed by atoms with E-state index in [4.69, 9.17) is 0 Å². The van der Waals surface area contributed by atoms with Crippen LogP contribution >= 0.6 is 0 Å². The Morgan fingerprint density at radius 2 is 1.30 bits per heavy atom. The number of aliphatic hydroxyl groups is 1. The van der Waals surface area contributed by atoms with E-state index in [9.17, 15) is 5.11 Å². The highest BCUT2D eigenvalue weighted by molar-refractivity contribution is 4.61. The summed E-state index contributed by atoms with van der Waals surface area (Å²) in [6, 6.07) is 0. The van der Waals surface area contributed by atoms with Gasteiger partial charge in [-0.05, 0) is 25.7 Å². The minimum Gasteiger partial charge on any atom is -1.00 e. The fourth-order valence-electron chi connectivity index (χ4n) is 3.94. The molecule has 0 aromatic heterocycles. The molecule has 0 bridgehead atoms. The van der Waals surface area contributed by atoms with E-state index in [1.54, 1.807) is 0 Å². The van der Waals surface area contributed by atoms with Crippen LogP contribution in [-0.4, -0.2) is 42.4 Å². The highest BCUT2D eigenvalue weighted by Gasteiger charge is 2.29. The molecule has 140 valence electrons. The number of likely N-dealkylation sites (tertiary alicyclic amines) is 1. The lowest BCUT2D eigenvalue weighted by Gasteiger charge is -2.40. The number of hydrogen-bond donors (Lipinski definition) is 1. The SMILES string of the molecule is CCCCCCCCCCCCCC[N+]1(C)CCCC(O)C1.[Br-]. The van der Waals surface area contributed by atoms with Crippen molar-refractivity contribution in [1.82, 2.24) is 0 Å². The maximum atomic E-state index is 9.82. The molecule has 1 aliphatic heterocycles. The summed E-state index contributed by atoms with van der Waals surface area (Å²) in [6.07, 6.45) is 19.3. The van der Waals surface area contributed by atoms with Crippen LogP contribution in [0.4, 0.5) is 0 Å². The molecule has 0 aliphatic carbocycles. The van der Waals surface area contributed by atoms with E-state index in [1.165, 1.54) is 96.6 Å². The second-order valence-corrected chi connectivity index (χ2v) is 7.93. The van der Waals surface area contributed by atoms with Crippen molar-refractivity contribution in [2.24, 2.45) is 0 Å². The summed E-state index contributed by atoms with van der Waals surface area (Å²) in [4.78, 5) is 0. The van der Waals surface area contributed by atoms with Crippen LogP contribution in [0, 0.1) is 0 Å². The van der Waals surface area contributed by atoms with Crippen molar-refractivity contribution in [3.63, 3.8) is 0 Å². The monoisotopic (exact) mass is 391 g/mol. The van der Waals surface area contributed by atoms with Gasteiger partial charge in [-0.3, -0.25) is 0 Å². The van der Waals surface area contributed by atoms with Gasteiger partial charge in [-0.25, -0.2) is 0 Å². The van der Waals surface area contributed by atoms with Crippen molar-refractivity contribution in [2.75, 3.05) is 26.7 Å². The zero-order valence-corrected chi connectivity index (χ0v) is 17.5. The predicted octanol–water partition coefficient (Wildman–Crippen LogP) is 2.29. The standard InChI is InChI=1S/C20H42NO.BrH/c1-3-4-5-6-7-8-9-10-11-12-13-14-17-21(2)18-15-16-20(22)19-21;/h20,22H,3-19H2,1-2H3;1H/q+1;/p-1. The summed E-state index contributed by atoms with van der Waals surface area (Å²) in [5.74, 6) is 0. The number of rotatable bonds is 13. The third-order valence-electron chi connectivity index (χ3n) is 5.44. The molecule has 1 saturated heterocycles. The number of quaternary nitrogens is 1. The Balaban J connectivity index is 0.00000484. The molecule has 2 atom stereocenters. The van der Waals surface area contributed by atoms with Crippen LogP contribution in [-0.2, 0) is 0 Å². The molecule has 2 nitrogen and oxygen atoms in total. The first-order valence-corrected chi connectivity index (χ1v) is 10.2. The number of aliphatic hydroxyl groups excluding tert-OH is 1. The van der Waals surface area contributed by atoms with Gasteiger partial charge in [-0.2, -0.15) is 0 Å². The van der Waals surface area contributed by atoms with Crippen LogP contribution in [0.2, 0.25) is 0 Å². The highest BCUT2D eigenvalue weighted by Crippen LogP contribution is 2.19. The van der Waals surface area contributed by atoms with Crippen molar-refractivity contribution in [1.29, 1.82) is 0 Å². The van der Waals surface area contributed by atoms with E-state index in [0.717, 1.165) is 17.4 Å². The van der Waals surface area contributed by atoms with E-state index in [0.29, 0.717) is 0 Å². The largest absolute Gasteiger partial charge is 1.00 e. The van der Waals surface area contributed by atoms with E-state index < -0.39 is 0 Å². The van der Waals surface area contributed by atoms with Crippen molar-refractivity contribution in [2.45, 2.75) is 103 Å². The molecule has 1 heterocycles. The van der Waals surface area contributed by atoms with Crippen LogP contribution in [0.3, 0.4) is 0 Å². The van der Waals surface area contributed by atoms with Gasteiger partial charge < -0.3 is 26.6 Å². The lowest BCUT2D eigenvalue weighted by molar-refractivity contribution is -0.917. The average Bonchev–Trinajstić information content (AvgIpc) is 2.48. The van der Waals surface area contributed by atoms with Gasteiger partial charge in [0.2, 0.25) is 0 Å². The van der Waals surface area contributed by atoms with Crippen LogP contribution in [0.1, 0.15) is 96.8 Å². The Morgan fingerprint density at radius 1 is 0.826 bits per heavy atom. The number of unbranched alkanes of at least 4 members (excludes halogenated alkanes) is 11. The number of nitrogens with zero attached hydrogens (tertiary/aromatic N) is 1. The zero-order chi connectivity index (χ0) is 16.1. The number of likely N-dealkylation sites (N-methyl/N-ethyl adjacent to an activating group) is 1. The molecule has 0 aromatic carbocycles. The highest BCUT2D eigenvalue weighted by atomic mass is 79.9. The van der Waals surface area contributed by atoms with E-state index in [2.05, 4.69) is 14.0 Å². The van der Waals surface area contributed by atoms with E-state index in [1.807, 2.05) is 0 Å². The maximum Gasteiger partial charge on any atom is 0.105 e. The van der Waals surface area contributed by atoms with Gasteiger partial charge in [0.05, 0.1) is 20.1 Å². The molecule has 0 spiro atoms. The topological polar surface area (TPSA) is 20.2 Å². The summed E-state index contributed by atoms with van der Waals surface area (Å²) in [5, 5.41) is 9.82. The molecule has 3 heteroatoms. The van der Waals surface area contributed by atoms with E-state index >= 15 is 0 Å². The van der Waals surface area contributed by atoms with Gasteiger partial charge in [0.15, 0.2) is 0 Å². The summed E-state index contributed by atoms with van der Waals surface area (Å²) >= 11 is 0. The molecule has 0 amide bonds. The Kier molecular flexibility index (Phi) is 15.0. The Hall–Kier alpha value is 0.400. The molecule has 0 radical (unpaired) electrons. The molecule has 1 rings (SSSR count). The third kappa shape index (κ3) is 12.4. The predicted molar refractivity (Wildman–Crippen MR) is 97.1 cm³/mol. The molecule has 0 saturated carbocycles. The molecule has 1 aliphatic rings. The minimum atomic E-state index is -0.0453. The van der Waals surface area contributed by atoms with Gasteiger partial charge >= 0.3 is 0 Å². The Morgan fingerprint density at radius 3 is 1.78 bits per heavy atom. The van der Waals surface area contributed by atoms with E-state index in [-0.39, 0.29) is 23.1 Å². The van der Waals surface area contributed by atoms with Gasteiger partial charge in [0, 0.05) is 0 Å². The van der Waals surface area contributed by atoms with Crippen molar-refractivity contribution >= 4 is 0 Å². The minimum absolute atomic E-state index is 0. The smallest absolute Gasteiger partial charge is 0.105 e. The molecular formula is C20H42BrNO. The first-order chi connectivity index (χ1) is 10.7. The fourth-order valence-corrected chi connectivity index (χ4v) is 3.94. The Labute approximate surface area is 156 Å². The zero-order valence-electron chi connectivity index (χ0n) is 15.9. The normalized spacial score (nSPS) is 24.4. The Bertz CT molecular complexity index is 262. The molecular weight excluding hydrogens is 350 g/mol. The average molecular weight is 392 g/mol. The third-order valence-corrected chi connectivity index (χ3v) is 5.44. The van der Waals surface area contributed by atoms with Crippen LogP contribution in [0.25, 0.3) is 0 Å². The number of halogens is 1. The quantitative estimate of drug-likeness (QED) is 0.377. The fraction of sp³-hybridized carbons (Fsp3) is 1.00. The van der Waals surface area contributed by atoms with Gasteiger partial charge in [-0.1, -0.05) is 71.1 Å². The van der Waals surface area contributed by atoms with Crippen LogP contribution in [0.5, 0.6) is 0 Å². The molecule has 1 fully saturated rings. The van der Waals surface area contributed by atoms with Crippen LogP contribution in [0.15, 0.2) is 0 Å². The van der Waals surface area contributed by atoms with Gasteiger partial charge in [0.1, 0.15) is 12.6 Å². The van der Waals surface area contributed by atoms with Crippen molar-refractivity contribution in [3.8, 4) is 0 Å².